The maximum Gasteiger partial charge on any atom is 0.410 e. The highest BCUT2D eigenvalue weighted by Gasteiger charge is 2.36. The topological polar surface area (TPSA) is 125 Å². The second-order valence-corrected chi connectivity index (χ2v) is 11.5. The summed E-state index contributed by atoms with van der Waals surface area (Å²) in [5, 5.41) is 15.4. The quantitative estimate of drug-likeness (QED) is 0.169. The molecule has 2 aromatic heterocycles. The number of nitrogens with zero attached hydrogens (tertiary/aromatic N) is 4. The summed E-state index contributed by atoms with van der Waals surface area (Å²) in [5.74, 6) is -0.747. The summed E-state index contributed by atoms with van der Waals surface area (Å²) in [6, 6.07) is 12.9. The van der Waals surface area contributed by atoms with Crippen molar-refractivity contribution < 1.29 is 23.0 Å². The first-order chi connectivity index (χ1) is 21.5. The lowest BCUT2D eigenvalue weighted by atomic mass is 9.93. The van der Waals surface area contributed by atoms with Crippen molar-refractivity contribution in [3.63, 3.8) is 0 Å². The zero-order valence-corrected chi connectivity index (χ0v) is 25.5. The van der Waals surface area contributed by atoms with Crippen LogP contribution in [-0.2, 0) is 11.3 Å². The summed E-state index contributed by atoms with van der Waals surface area (Å²) in [6.45, 7) is 8.22. The maximum atomic E-state index is 14.7. The molecule has 0 atom stereocenters. The van der Waals surface area contributed by atoms with Gasteiger partial charge in [-0.15, -0.1) is 0 Å². The molecule has 1 aliphatic rings. The molecular weight excluding hydrogens is 580 g/mol. The number of benzene rings is 2. The summed E-state index contributed by atoms with van der Waals surface area (Å²) in [5.41, 5.74) is 1.74. The molecule has 45 heavy (non-hydrogen) atoms. The van der Waals surface area contributed by atoms with Gasteiger partial charge in [0, 0.05) is 84.3 Å². The molecule has 2 aromatic carbocycles. The van der Waals surface area contributed by atoms with Crippen molar-refractivity contribution in [2.75, 3.05) is 30.3 Å². The van der Waals surface area contributed by atoms with E-state index >= 15 is 0 Å². The molecule has 1 amide bonds. The Hall–Kier alpha value is -5.13. The van der Waals surface area contributed by atoms with E-state index in [2.05, 4.69) is 20.6 Å². The van der Waals surface area contributed by atoms with Crippen molar-refractivity contribution in [3.8, 4) is 5.75 Å². The van der Waals surface area contributed by atoms with Crippen molar-refractivity contribution in [1.29, 1.82) is 5.41 Å². The van der Waals surface area contributed by atoms with Crippen LogP contribution in [0.5, 0.6) is 5.75 Å². The highest BCUT2D eigenvalue weighted by atomic mass is 19.1. The second kappa shape index (κ2) is 13.2. The van der Waals surface area contributed by atoms with E-state index in [4.69, 9.17) is 19.9 Å². The number of pyridine rings is 1. The number of carbonyl (C=O) groups excluding carboxylic acids is 1. The Kier molecular flexibility index (Phi) is 9.21. The third-order valence-corrected chi connectivity index (χ3v) is 7.03. The zero-order chi connectivity index (χ0) is 32.1. The first kappa shape index (κ1) is 31.3. The van der Waals surface area contributed by atoms with E-state index in [1.54, 1.807) is 66.8 Å². The second-order valence-electron chi connectivity index (χ2n) is 11.5. The van der Waals surface area contributed by atoms with Gasteiger partial charge in [-0.2, -0.15) is 0 Å². The van der Waals surface area contributed by atoms with Crippen LogP contribution in [0.2, 0.25) is 0 Å². The fourth-order valence-electron chi connectivity index (χ4n) is 4.79. The minimum absolute atomic E-state index is 0.0130. The lowest BCUT2D eigenvalue weighted by Crippen LogP contribution is -2.50. The number of ether oxygens (including phenoxy) is 2. The lowest BCUT2D eigenvalue weighted by Gasteiger charge is -2.40. The SMILES string of the molecule is CCOc1cc(F)c(CNc2ccccc2C(=N)c2ncc(C3CN(C(=O)OC(C)(C)C)C3)c(Nc3ccncc3)n2)c(F)c1. The highest BCUT2D eigenvalue weighted by molar-refractivity contribution is 6.12. The van der Waals surface area contributed by atoms with Gasteiger partial charge < -0.3 is 25.0 Å². The van der Waals surface area contributed by atoms with Crippen LogP contribution in [0, 0.1) is 17.0 Å². The fraction of sp³-hybridized carbons (Fsp3) is 0.303. The average Bonchev–Trinajstić information content (AvgIpc) is 2.96. The molecule has 12 heteroatoms. The Balaban J connectivity index is 1.38. The first-order valence-corrected chi connectivity index (χ1v) is 14.6. The van der Waals surface area contributed by atoms with Crippen LogP contribution in [-0.4, -0.2) is 57.0 Å². The van der Waals surface area contributed by atoms with Crippen molar-refractivity contribution in [3.05, 3.63) is 101 Å². The number of halogens is 2. The minimum atomic E-state index is -0.731. The average molecular weight is 616 g/mol. The molecule has 1 saturated heterocycles. The molecule has 0 unspecified atom stereocenters. The van der Waals surface area contributed by atoms with Crippen LogP contribution < -0.4 is 15.4 Å². The van der Waals surface area contributed by atoms with E-state index in [0.29, 0.717) is 36.8 Å². The van der Waals surface area contributed by atoms with Gasteiger partial charge >= 0.3 is 6.09 Å². The summed E-state index contributed by atoms with van der Waals surface area (Å²) < 4.78 is 40.1. The number of anilines is 3. The number of carbonyl (C=O) groups is 1. The number of hydrogen-bond acceptors (Lipinski definition) is 9. The van der Waals surface area contributed by atoms with Gasteiger partial charge in [0.25, 0.3) is 0 Å². The van der Waals surface area contributed by atoms with Gasteiger partial charge in [-0.3, -0.25) is 10.4 Å². The van der Waals surface area contributed by atoms with E-state index in [1.165, 1.54) is 0 Å². The largest absolute Gasteiger partial charge is 0.494 e. The van der Waals surface area contributed by atoms with Gasteiger partial charge in [-0.25, -0.2) is 23.5 Å². The Morgan fingerprint density at radius 3 is 2.44 bits per heavy atom. The van der Waals surface area contributed by atoms with Crippen LogP contribution in [0.3, 0.4) is 0 Å². The summed E-state index contributed by atoms with van der Waals surface area (Å²) in [6.07, 6.45) is 4.59. The molecule has 0 bridgehead atoms. The van der Waals surface area contributed by atoms with Crippen molar-refractivity contribution in [2.45, 2.75) is 45.8 Å². The standard InChI is InChI=1S/C33H35F2N7O3/c1-5-44-22-14-26(34)25(27(35)15-22)17-38-28-9-7-6-8-23(28)29(36)31-39-16-24(30(41-31)40-21-10-12-37-13-11-21)20-18-42(19-20)32(43)45-33(2,3)4/h6-16,20,36,38H,5,17-19H2,1-4H3,(H,37,39,40,41). The Bertz CT molecular complexity index is 1670. The molecule has 4 aromatic rings. The number of rotatable bonds is 10. The molecular formula is C33H35F2N7O3. The van der Waals surface area contributed by atoms with Crippen LogP contribution in [0.4, 0.5) is 30.8 Å². The number of likely N-dealkylation sites (tertiary alicyclic amines) is 1. The molecule has 5 rings (SSSR count). The lowest BCUT2D eigenvalue weighted by molar-refractivity contribution is 0.00818. The Morgan fingerprint density at radius 1 is 1.09 bits per heavy atom. The number of para-hydroxylation sites is 1. The van der Waals surface area contributed by atoms with E-state index in [-0.39, 0.29) is 41.4 Å². The highest BCUT2D eigenvalue weighted by Crippen LogP contribution is 2.34. The van der Waals surface area contributed by atoms with Crippen molar-refractivity contribution in [2.24, 2.45) is 0 Å². The summed E-state index contributed by atoms with van der Waals surface area (Å²) in [4.78, 5) is 27.5. The van der Waals surface area contributed by atoms with Gasteiger partial charge in [0.2, 0.25) is 0 Å². The normalized spacial score (nSPS) is 13.2. The molecule has 1 aliphatic heterocycles. The van der Waals surface area contributed by atoms with E-state index < -0.39 is 17.2 Å². The molecule has 3 heterocycles. The third kappa shape index (κ3) is 7.51. The van der Waals surface area contributed by atoms with Crippen LogP contribution in [0.1, 0.15) is 56.1 Å². The molecule has 10 nitrogen and oxygen atoms in total. The van der Waals surface area contributed by atoms with Crippen LogP contribution >= 0.6 is 0 Å². The maximum absolute atomic E-state index is 14.7. The molecule has 234 valence electrons. The molecule has 0 radical (unpaired) electrons. The van der Waals surface area contributed by atoms with Crippen LogP contribution in [0.25, 0.3) is 0 Å². The first-order valence-electron chi connectivity index (χ1n) is 14.6. The van der Waals surface area contributed by atoms with Gasteiger partial charge in [0.05, 0.1) is 6.61 Å². The summed E-state index contributed by atoms with van der Waals surface area (Å²) >= 11 is 0. The molecule has 3 N–H and O–H groups in total. The smallest absolute Gasteiger partial charge is 0.410 e. The summed E-state index contributed by atoms with van der Waals surface area (Å²) in [7, 11) is 0. The van der Waals surface area contributed by atoms with Crippen molar-refractivity contribution >= 4 is 29.0 Å². The molecule has 0 saturated carbocycles. The predicted molar refractivity (Wildman–Crippen MR) is 167 cm³/mol. The van der Waals surface area contributed by atoms with Gasteiger partial charge in [-0.05, 0) is 45.9 Å². The van der Waals surface area contributed by atoms with E-state index in [1.807, 2.05) is 20.8 Å². The van der Waals surface area contributed by atoms with E-state index in [9.17, 15) is 13.6 Å². The fourth-order valence-corrected chi connectivity index (χ4v) is 4.79. The molecule has 1 fully saturated rings. The number of nitrogens with one attached hydrogen (secondary N) is 3. The number of hydrogen-bond donors (Lipinski definition) is 3. The predicted octanol–water partition coefficient (Wildman–Crippen LogP) is 6.65. The third-order valence-electron chi connectivity index (χ3n) is 7.03. The molecule has 0 aliphatic carbocycles. The Labute approximate surface area is 260 Å². The molecule has 0 spiro atoms. The Morgan fingerprint density at radius 2 is 1.78 bits per heavy atom. The zero-order valence-electron chi connectivity index (χ0n) is 25.5. The van der Waals surface area contributed by atoms with E-state index in [0.717, 1.165) is 23.4 Å². The monoisotopic (exact) mass is 615 g/mol. The van der Waals surface area contributed by atoms with Crippen LogP contribution in [0.15, 0.2) is 67.1 Å². The van der Waals surface area contributed by atoms with Gasteiger partial charge in [0.15, 0.2) is 5.82 Å². The van der Waals surface area contributed by atoms with Gasteiger partial charge in [0.1, 0.15) is 34.5 Å². The van der Waals surface area contributed by atoms with Gasteiger partial charge in [-0.1, -0.05) is 18.2 Å². The van der Waals surface area contributed by atoms with Crippen molar-refractivity contribution in [1.82, 2.24) is 19.9 Å². The number of aromatic nitrogens is 3. The minimum Gasteiger partial charge on any atom is -0.494 e. The number of amides is 1.